The molecule has 2 saturated heterocycles. The third kappa shape index (κ3) is 2.46. The first-order chi connectivity index (χ1) is 9.88. The molecule has 112 valence electrons. The summed E-state index contributed by atoms with van der Waals surface area (Å²) in [5.41, 5.74) is 0.151. The molecular weight excluding hydrogens is 301 g/mol. The molecule has 3 heterocycles. The predicted molar refractivity (Wildman–Crippen MR) is 71.6 cm³/mol. The van der Waals surface area contributed by atoms with E-state index in [-0.39, 0.29) is 18.6 Å². The van der Waals surface area contributed by atoms with Gasteiger partial charge in [0.1, 0.15) is 6.04 Å². The molecule has 2 aliphatic rings. The van der Waals surface area contributed by atoms with E-state index in [0.717, 1.165) is 4.31 Å². The molecule has 3 rings (SSSR count). The van der Waals surface area contributed by atoms with Gasteiger partial charge in [0.15, 0.2) is 0 Å². The Hall–Kier alpha value is -1.76. The zero-order chi connectivity index (χ0) is 15.2. The molecule has 1 aromatic heterocycles. The van der Waals surface area contributed by atoms with Crippen LogP contribution in [0.15, 0.2) is 12.4 Å². The topological polar surface area (TPSA) is 136 Å². The summed E-state index contributed by atoms with van der Waals surface area (Å²) in [4.78, 5) is 21.3. The predicted octanol–water partition coefficient (Wildman–Crippen LogP) is -3.98. The molecule has 0 bridgehead atoms. The molecular formula is C9H12BN5O5S. The van der Waals surface area contributed by atoms with Crippen molar-refractivity contribution in [2.24, 2.45) is 0 Å². The third-order valence-electron chi connectivity index (χ3n) is 3.41. The van der Waals surface area contributed by atoms with Gasteiger partial charge in [0.25, 0.3) is 5.91 Å². The monoisotopic (exact) mass is 313 g/mol. The smallest absolute Gasteiger partial charge is 0.423 e. The van der Waals surface area contributed by atoms with Crippen molar-refractivity contribution in [3.05, 3.63) is 12.4 Å². The summed E-state index contributed by atoms with van der Waals surface area (Å²) in [7, 11) is -5.37. The summed E-state index contributed by atoms with van der Waals surface area (Å²) in [6.07, 6.45) is 2.54. The maximum Gasteiger partial charge on any atom is 0.491 e. The molecule has 21 heavy (non-hydrogen) atoms. The van der Waals surface area contributed by atoms with Crippen LogP contribution >= 0.6 is 0 Å². The van der Waals surface area contributed by atoms with Crippen molar-refractivity contribution in [1.29, 1.82) is 0 Å². The van der Waals surface area contributed by atoms with Crippen molar-refractivity contribution in [3.63, 3.8) is 0 Å². The van der Waals surface area contributed by atoms with E-state index < -0.39 is 29.3 Å². The van der Waals surface area contributed by atoms with Crippen molar-refractivity contribution in [1.82, 2.24) is 19.0 Å². The zero-order valence-corrected chi connectivity index (χ0v) is 11.6. The molecule has 1 unspecified atom stereocenters. The van der Waals surface area contributed by atoms with Gasteiger partial charge in [0, 0.05) is 37.5 Å². The lowest BCUT2D eigenvalue weighted by Gasteiger charge is -2.34. The number of carbonyl (C=O) groups is 1. The maximum atomic E-state index is 11.7. The van der Waals surface area contributed by atoms with Gasteiger partial charge in [-0.25, -0.2) is 14.7 Å². The Labute approximate surface area is 120 Å². The SMILES string of the molecule is O=C1NS(=O)(=O)N2CCN(c3ncc(B(O)O)cn3)CC12. The number of carbonyl (C=O) groups excluding carboxylic acids is 1. The van der Waals surface area contributed by atoms with Gasteiger partial charge in [-0.3, -0.25) is 4.79 Å². The number of nitrogens with one attached hydrogen (secondary N) is 1. The lowest BCUT2D eigenvalue weighted by atomic mass is 9.83. The lowest BCUT2D eigenvalue weighted by molar-refractivity contribution is -0.121. The van der Waals surface area contributed by atoms with Gasteiger partial charge in [-0.15, -0.1) is 0 Å². The molecule has 3 N–H and O–H groups in total. The highest BCUT2D eigenvalue weighted by molar-refractivity contribution is 7.88. The highest BCUT2D eigenvalue weighted by atomic mass is 32.2. The van der Waals surface area contributed by atoms with Crippen LogP contribution in [0.2, 0.25) is 0 Å². The Morgan fingerprint density at radius 2 is 1.95 bits per heavy atom. The Bertz CT molecular complexity index is 666. The van der Waals surface area contributed by atoms with Crippen LogP contribution in [0.25, 0.3) is 0 Å². The maximum absolute atomic E-state index is 11.7. The van der Waals surface area contributed by atoms with E-state index in [1.165, 1.54) is 12.4 Å². The zero-order valence-electron chi connectivity index (χ0n) is 10.7. The van der Waals surface area contributed by atoms with E-state index >= 15 is 0 Å². The Kier molecular flexibility index (Phi) is 3.32. The van der Waals surface area contributed by atoms with Crippen molar-refractivity contribution in [2.75, 3.05) is 24.5 Å². The number of hydrogen-bond acceptors (Lipinski definition) is 8. The van der Waals surface area contributed by atoms with Crippen LogP contribution in [0.1, 0.15) is 0 Å². The fourth-order valence-electron chi connectivity index (χ4n) is 2.33. The standard InChI is InChI=1S/C9H12BN5O5S/c16-8-7-5-14(1-2-15(7)21(19,20)13-8)9-11-3-6(4-12-9)10(17)18/h3-4,7,17-18H,1-2,5H2,(H,13,16). The van der Waals surface area contributed by atoms with Crippen molar-refractivity contribution < 1.29 is 23.3 Å². The van der Waals surface area contributed by atoms with Gasteiger partial charge in [0.2, 0.25) is 5.95 Å². The summed E-state index contributed by atoms with van der Waals surface area (Å²) in [6.45, 7) is 0.636. The molecule has 12 heteroatoms. The van der Waals surface area contributed by atoms with Crippen LogP contribution in [0.3, 0.4) is 0 Å². The second-order valence-electron chi connectivity index (χ2n) is 4.73. The van der Waals surface area contributed by atoms with Gasteiger partial charge < -0.3 is 14.9 Å². The molecule has 0 spiro atoms. The highest BCUT2D eigenvalue weighted by Gasteiger charge is 2.47. The number of aromatic nitrogens is 2. The first kappa shape index (κ1) is 14.2. The lowest BCUT2D eigenvalue weighted by Crippen LogP contribution is -2.53. The van der Waals surface area contributed by atoms with Gasteiger partial charge >= 0.3 is 17.3 Å². The minimum Gasteiger partial charge on any atom is -0.423 e. The van der Waals surface area contributed by atoms with E-state index in [1.54, 1.807) is 4.90 Å². The number of fused-ring (bicyclic) bond motifs is 1. The van der Waals surface area contributed by atoms with E-state index in [2.05, 4.69) is 9.97 Å². The largest absolute Gasteiger partial charge is 0.491 e. The molecule has 0 saturated carbocycles. The summed E-state index contributed by atoms with van der Waals surface area (Å²) in [6, 6.07) is -0.796. The first-order valence-electron chi connectivity index (χ1n) is 6.15. The average Bonchev–Trinajstić information content (AvgIpc) is 2.68. The molecule has 2 aliphatic heterocycles. The molecule has 1 amide bonds. The molecule has 0 aromatic carbocycles. The second-order valence-corrected chi connectivity index (χ2v) is 6.36. The Morgan fingerprint density at radius 3 is 2.57 bits per heavy atom. The fourth-order valence-corrected chi connectivity index (χ4v) is 3.66. The normalized spacial score (nSPS) is 24.6. The summed E-state index contributed by atoms with van der Waals surface area (Å²) >= 11 is 0. The average molecular weight is 313 g/mol. The number of nitrogens with zero attached hydrogens (tertiary/aromatic N) is 4. The van der Waals surface area contributed by atoms with Gasteiger partial charge in [-0.2, -0.15) is 12.7 Å². The second kappa shape index (κ2) is 4.91. The number of amides is 1. The number of piperazine rings is 1. The minimum atomic E-state index is -3.72. The fraction of sp³-hybridized carbons (Fsp3) is 0.444. The third-order valence-corrected chi connectivity index (χ3v) is 4.93. The van der Waals surface area contributed by atoms with E-state index in [0.29, 0.717) is 12.5 Å². The van der Waals surface area contributed by atoms with Crippen LogP contribution < -0.4 is 15.1 Å². The molecule has 1 aromatic rings. The molecule has 10 nitrogen and oxygen atoms in total. The van der Waals surface area contributed by atoms with Crippen LogP contribution in [0, 0.1) is 0 Å². The molecule has 1 atom stereocenters. The van der Waals surface area contributed by atoms with Crippen LogP contribution in [0.4, 0.5) is 5.95 Å². The van der Waals surface area contributed by atoms with Gasteiger partial charge in [0.05, 0.1) is 0 Å². The van der Waals surface area contributed by atoms with Crippen molar-refractivity contribution >= 4 is 34.6 Å². The van der Waals surface area contributed by atoms with Crippen LogP contribution in [-0.2, 0) is 15.0 Å². The molecule has 2 fully saturated rings. The Morgan fingerprint density at radius 1 is 1.29 bits per heavy atom. The molecule has 0 aliphatic carbocycles. The number of hydrogen-bond donors (Lipinski definition) is 3. The number of anilines is 1. The summed E-state index contributed by atoms with van der Waals surface area (Å²) < 4.78 is 26.4. The van der Waals surface area contributed by atoms with Crippen LogP contribution in [0.5, 0.6) is 0 Å². The van der Waals surface area contributed by atoms with E-state index in [1.807, 2.05) is 4.72 Å². The summed E-state index contributed by atoms with van der Waals surface area (Å²) in [5.74, 6) is -0.266. The Balaban J connectivity index is 1.79. The van der Waals surface area contributed by atoms with E-state index in [4.69, 9.17) is 10.0 Å². The summed E-state index contributed by atoms with van der Waals surface area (Å²) in [5, 5.41) is 18.0. The quantitative estimate of drug-likeness (QED) is 0.470. The van der Waals surface area contributed by atoms with Crippen LogP contribution in [-0.4, -0.2) is 71.4 Å². The van der Waals surface area contributed by atoms with Crippen molar-refractivity contribution in [3.8, 4) is 0 Å². The highest BCUT2D eigenvalue weighted by Crippen LogP contribution is 2.21. The first-order valence-corrected chi connectivity index (χ1v) is 7.59. The number of rotatable bonds is 2. The van der Waals surface area contributed by atoms with Crippen molar-refractivity contribution in [2.45, 2.75) is 6.04 Å². The molecule has 0 radical (unpaired) electrons. The van der Waals surface area contributed by atoms with Gasteiger partial charge in [-0.1, -0.05) is 0 Å². The van der Waals surface area contributed by atoms with E-state index in [9.17, 15) is 13.2 Å². The van der Waals surface area contributed by atoms with Gasteiger partial charge in [-0.05, 0) is 0 Å². The minimum absolute atomic E-state index is 0.145.